The van der Waals surface area contributed by atoms with Gasteiger partial charge in [0.25, 0.3) is 0 Å². The molecule has 0 radical (unpaired) electrons. The topological polar surface area (TPSA) is 231 Å². The molecule has 5 atom stereocenters. The maximum atomic E-state index is 13.1. The van der Waals surface area contributed by atoms with Crippen molar-refractivity contribution in [2.75, 3.05) is 39.6 Å². The first-order valence-corrected chi connectivity index (χ1v) is 50.4. The van der Waals surface area contributed by atoms with Gasteiger partial charge < -0.3 is 34.2 Å². The van der Waals surface area contributed by atoms with Crippen molar-refractivity contribution in [1.82, 2.24) is 0 Å². The van der Waals surface area contributed by atoms with E-state index in [2.05, 4.69) is 227 Å². The van der Waals surface area contributed by atoms with Crippen molar-refractivity contribution >= 4 is 33.6 Å². The van der Waals surface area contributed by atoms with Crippen molar-refractivity contribution in [2.24, 2.45) is 0 Å². The molecule has 0 spiro atoms. The van der Waals surface area contributed by atoms with E-state index in [1.54, 1.807) is 0 Å². The van der Waals surface area contributed by atoms with Gasteiger partial charge in [-0.05, 0) is 167 Å². The predicted molar refractivity (Wildman–Crippen MR) is 509 cm³/mol. The van der Waals surface area contributed by atoms with Gasteiger partial charge in [0.05, 0.1) is 26.4 Å². The SMILES string of the molecule is CC/C=C\C/C=C\C/C=C\C/C=C\C/C=C\C/C=C\CCCCCCCCCCCCC(=O)OCC(O)COP(=O)(O)OCC(O)COP(=O)(O)OCC(COC(=O)CCCCCCCCCCCC/C=C\C/C=C\C/C=C\C/C=C\C/C=C\C/C=C\CC)OC(=O)CCCCCCCCCCCCC/C=C\C/C=C\C/C=C\C/C=C\C/C=C\CC. The third kappa shape index (κ3) is 94.6. The maximum absolute atomic E-state index is 13.1. The average molecular weight is 1730 g/mol. The van der Waals surface area contributed by atoms with Crippen LogP contribution in [0.3, 0.4) is 0 Å². The number of ether oxygens (including phenoxy) is 3. The summed E-state index contributed by atoms with van der Waals surface area (Å²) >= 11 is 0. The number of carbonyl (C=O) groups excluding carboxylic acids is 3. The molecular weight excluding hydrogens is 1560 g/mol. The number of allylic oxidation sites excluding steroid dienone is 34. The first kappa shape index (κ1) is 115. The highest BCUT2D eigenvalue weighted by atomic mass is 31.2. The molecule has 0 saturated carbocycles. The average Bonchev–Trinajstić information content (AvgIpc) is 0.907. The summed E-state index contributed by atoms with van der Waals surface area (Å²) in [5.41, 5.74) is 0. The van der Waals surface area contributed by atoms with E-state index in [1.165, 1.54) is 103 Å². The van der Waals surface area contributed by atoms with Gasteiger partial charge in [0, 0.05) is 19.3 Å². The Morgan fingerprint density at radius 2 is 0.413 bits per heavy atom. The number of phosphoric acid groups is 2. The third-order valence-corrected chi connectivity index (χ3v) is 21.4. The molecule has 0 aromatic rings. The fourth-order valence-electron chi connectivity index (χ4n) is 12.4. The number of hydrogen-bond acceptors (Lipinski definition) is 14. The normalized spacial score (nSPS) is 14.7. The zero-order valence-electron chi connectivity index (χ0n) is 75.9. The summed E-state index contributed by atoms with van der Waals surface area (Å²) < 4.78 is 61.6. The highest BCUT2D eigenvalue weighted by Crippen LogP contribution is 2.45. The van der Waals surface area contributed by atoms with Crippen molar-refractivity contribution in [3.05, 3.63) is 207 Å². The summed E-state index contributed by atoms with van der Waals surface area (Å²) in [6.07, 6.45) is 126. The summed E-state index contributed by atoms with van der Waals surface area (Å²) in [6.45, 7) is 2.36. The summed E-state index contributed by atoms with van der Waals surface area (Å²) in [7, 11) is -9.83. The lowest BCUT2D eigenvalue weighted by atomic mass is 10.0. The molecule has 18 heteroatoms. The van der Waals surface area contributed by atoms with Crippen LogP contribution >= 0.6 is 15.6 Å². The van der Waals surface area contributed by atoms with Crippen LogP contribution in [0, 0.1) is 0 Å². The number of phosphoric ester groups is 2. The Morgan fingerprint density at radius 1 is 0.231 bits per heavy atom. The Kier molecular flexibility index (Phi) is 88.8. The van der Waals surface area contributed by atoms with Crippen LogP contribution in [0.2, 0.25) is 0 Å². The van der Waals surface area contributed by atoms with Crippen molar-refractivity contribution < 1.29 is 75.8 Å². The first-order valence-electron chi connectivity index (χ1n) is 47.4. The molecule has 0 saturated heterocycles. The van der Waals surface area contributed by atoms with Crippen LogP contribution in [0.25, 0.3) is 0 Å². The zero-order chi connectivity index (χ0) is 87.9. The highest BCUT2D eigenvalue weighted by Gasteiger charge is 2.29. The van der Waals surface area contributed by atoms with Crippen LogP contribution < -0.4 is 0 Å². The minimum atomic E-state index is -4.95. The van der Waals surface area contributed by atoms with E-state index in [4.69, 9.17) is 32.3 Å². The Balaban J connectivity index is 4.70. The lowest BCUT2D eigenvalue weighted by Crippen LogP contribution is -2.30. The molecule has 0 rings (SSSR count). The third-order valence-electron chi connectivity index (χ3n) is 19.5. The molecule has 0 aromatic heterocycles. The standard InChI is InChI=1S/C103H170O16P2/c1-4-7-10-13-16-19-22-25-28-31-34-37-40-43-46-48-51-53-56-59-62-65-68-71-74-77-80-83-86-89-101(106)113-92-98(104)93-115-120(109,110)116-94-99(105)95-117-121(111,112)118-97-100(119-103(108)91-88-85-82-79-76-73-70-67-64-61-58-55-50-45-42-39-36-33-30-27-24-21-18-15-12-9-6-3)96-114-102(107)90-87-84-81-78-75-72-69-66-63-60-57-54-52-49-47-44-41-38-35-32-29-26-23-20-17-14-11-8-5-2/h7-12,16-21,25-30,34-39,43-47,50-54,98-100,104-105H,4-6,13-15,22-24,31-33,40-42,48-49,55-97H2,1-3H3,(H,109,110)(H,111,112)/b10-7-,11-8-,12-9-,19-16-,20-17-,21-18-,28-25-,29-26-,30-27-,37-34-,38-35-,39-36-,46-43-,47-44-,50-45-,53-51-,54-52-. The molecule has 5 unspecified atom stereocenters. The number of rotatable bonds is 88. The van der Waals surface area contributed by atoms with Gasteiger partial charge in [-0.3, -0.25) is 32.5 Å². The largest absolute Gasteiger partial charge is 0.472 e. The van der Waals surface area contributed by atoms with Crippen LogP contribution in [0.1, 0.15) is 367 Å². The van der Waals surface area contributed by atoms with E-state index in [1.807, 2.05) is 0 Å². The van der Waals surface area contributed by atoms with Crippen LogP contribution in [-0.2, 0) is 55.8 Å². The van der Waals surface area contributed by atoms with E-state index < -0.39 is 91.5 Å². The molecule has 0 aliphatic carbocycles. The Hall–Kier alpha value is -5.87. The van der Waals surface area contributed by atoms with Gasteiger partial charge >= 0.3 is 33.6 Å². The van der Waals surface area contributed by atoms with Gasteiger partial charge in [-0.1, -0.05) is 388 Å². The fourth-order valence-corrected chi connectivity index (χ4v) is 14.0. The Morgan fingerprint density at radius 3 is 0.653 bits per heavy atom. The lowest BCUT2D eigenvalue weighted by molar-refractivity contribution is -0.161. The second-order valence-corrected chi connectivity index (χ2v) is 33.9. The molecule has 0 aliphatic rings. The second-order valence-electron chi connectivity index (χ2n) is 31.0. The predicted octanol–water partition coefficient (Wildman–Crippen LogP) is 29.6. The van der Waals surface area contributed by atoms with Gasteiger partial charge in [-0.25, -0.2) is 9.13 Å². The van der Waals surface area contributed by atoms with Gasteiger partial charge in [-0.2, -0.15) is 0 Å². The molecule has 0 aromatic carbocycles. The monoisotopic (exact) mass is 1730 g/mol. The van der Waals surface area contributed by atoms with Gasteiger partial charge in [0.15, 0.2) is 6.10 Å². The number of carbonyl (C=O) groups is 3. The van der Waals surface area contributed by atoms with Crippen molar-refractivity contribution in [3.63, 3.8) is 0 Å². The van der Waals surface area contributed by atoms with Crippen LogP contribution in [0.15, 0.2) is 207 Å². The van der Waals surface area contributed by atoms with Gasteiger partial charge in [-0.15, -0.1) is 0 Å². The first-order chi connectivity index (χ1) is 59.2. The number of aliphatic hydroxyl groups is 2. The number of aliphatic hydroxyl groups excluding tert-OH is 2. The molecule has 121 heavy (non-hydrogen) atoms. The van der Waals surface area contributed by atoms with E-state index in [9.17, 15) is 43.5 Å². The molecule has 0 fully saturated rings. The molecular formula is C103H170O16P2. The van der Waals surface area contributed by atoms with E-state index in [-0.39, 0.29) is 19.3 Å². The molecule has 4 N–H and O–H groups in total. The van der Waals surface area contributed by atoms with E-state index >= 15 is 0 Å². The molecule has 688 valence electrons. The minimum absolute atomic E-state index is 0.0925. The molecule has 16 nitrogen and oxygen atoms in total. The highest BCUT2D eigenvalue weighted by molar-refractivity contribution is 7.47. The molecule has 0 bridgehead atoms. The summed E-state index contributed by atoms with van der Waals surface area (Å²) in [4.78, 5) is 59.1. The van der Waals surface area contributed by atoms with E-state index in [0.717, 1.165) is 205 Å². The van der Waals surface area contributed by atoms with Crippen LogP contribution in [0.4, 0.5) is 0 Å². The van der Waals surface area contributed by atoms with Crippen molar-refractivity contribution in [3.8, 4) is 0 Å². The summed E-state index contributed by atoms with van der Waals surface area (Å²) in [5.74, 6) is -1.59. The maximum Gasteiger partial charge on any atom is 0.472 e. The summed E-state index contributed by atoms with van der Waals surface area (Å²) in [5, 5.41) is 20.8. The second kappa shape index (κ2) is 93.3. The minimum Gasteiger partial charge on any atom is -0.463 e. The van der Waals surface area contributed by atoms with E-state index in [0.29, 0.717) is 19.3 Å². The quantitative estimate of drug-likeness (QED) is 0.0146. The molecule has 0 aliphatic heterocycles. The van der Waals surface area contributed by atoms with Crippen molar-refractivity contribution in [2.45, 2.75) is 386 Å². The molecule has 0 heterocycles. The fraction of sp³-hybridized carbons (Fsp3) is 0.641. The van der Waals surface area contributed by atoms with Crippen molar-refractivity contribution in [1.29, 1.82) is 0 Å². The lowest BCUT2D eigenvalue weighted by Gasteiger charge is -2.21. The van der Waals surface area contributed by atoms with Crippen LogP contribution in [-0.4, -0.2) is 95.9 Å². The Labute approximate surface area is 737 Å². The smallest absolute Gasteiger partial charge is 0.463 e. The molecule has 0 amide bonds. The summed E-state index contributed by atoms with van der Waals surface area (Å²) in [6, 6.07) is 0. The van der Waals surface area contributed by atoms with Crippen LogP contribution in [0.5, 0.6) is 0 Å². The number of unbranched alkanes of at least 4 members (excludes halogenated alkanes) is 31. The number of esters is 3. The van der Waals surface area contributed by atoms with Gasteiger partial charge in [0.1, 0.15) is 25.4 Å². The van der Waals surface area contributed by atoms with Gasteiger partial charge in [0.2, 0.25) is 0 Å². The number of hydrogen-bond donors (Lipinski definition) is 4. The Bertz CT molecular complexity index is 3030. The zero-order valence-corrected chi connectivity index (χ0v) is 77.7.